The number of benzene rings is 1. The van der Waals surface area contributed by atoms with Gasteiger partial charge in [0.2, 0.25) is 15.9 Å². The number of methoxy groups -OCH3 is 1. The van der Waals surface area contributed by atoms with Gasteiger partial charge in [0.15, 0.2) is 0 Å². The van der Waals surface area contributed by atoms with Gasteiger partial charge in [0.1, 0.15) is 0 Å². The van der Waals surface area contributed by atoms with Gasteiger partial charge in [0, 0.05) is 57.5 Å². The second kappa shape index (κ2) is 8.41. The normalized spacial score (nSPS) is 18.7. The van der Waals surface area contributed by atoms with Crippen molar-refractivity contribution in [3.8, 4) is 0 Å². The third-order valence-electron chi connectivity index (χ3n) is 5.07. The maximum Gasteiger partial charge on any atom is 0.243 e. The van der Waals surface area contributed by atoms with Crippen LogP contribution in [0.3, 0.4) is 0 Å². The Kier molecular flexibility index (Phi) is 6.18. The van der Waals surface area contributed by atoms with E-state index in [0.29, 0.717) is 32.5 Å². The summed E-state index contributed by atoms with van der Waals surface area (Å²) in [7, 11) is -0.0647. The van der Waals surface area contributed by atoms with Crippen LogP contribution in [0.15, 0.2) is 35.4 Å². The molecule has 0 radical (unpaired) electrons. The van der Waals surface area contributed by atoms with Crippen molar-refractivity contribution in [2.45, 2.75) is 24.2 Å². The standard InChI is InChI=1S/C19H27N3O4S/c1-21-11-8-15-13-17(6-7-18(15)21)27(24,25)22-10-3-5-16(14-22)19(23)20-9-4-12-26-2/h6-8,11,13,16H,3-5,9-10,12,14H2,1-2H3,(H,20,23). The molecule has 0 saturated carbocycles. The highest BCUT2D eigenvalue weighted by Crippen LogP contribution is 2.26. The predicted molar refractivity (Wildman–Crippen MR) is 104 cm³/mol. The first-order chi connectivity index (χ1) is 12.9. The molecule has 1 N–H and O–H groups in total. The monoisotopic (exact) mass is 393 g/mol. The molecular formula is C19H27N3O4S. The number of nitrogens with zero attached hydrogens (tertiary/aromatic N) is 2. The Labute approximate surface area is 160 Å². The van der Waals surface area contributed by atoms with Crippen LogP contribution in [0.1, 0.15) is 19.3 Å². The fourth-order valence-corrected chi connectivity index (χ4v) is 5.08. The average Bonchev–Trinajstić information content (AvgIpc) is 3.05. The first kappa shape index (κ1) is 19.9. The Morgan fingerprint density at radius 2 is 2.15 bits per heavy atom. The van der Waals surface area contributed by atoms with Gasteiger partial charge in [-0.3, -0.25) is 4.79 Å². The summed E-state index contributed by atoms with van der Waals surface area (Å²) in [6.07, 6.45) is 4.04. The lowest BCUT2D eigenvalue weighted by Crippen LogP contribution is -2.45. The molecule has 0 spiro atoms. The van der Waals surface area contributed by atoms with E-state index in [9.17, 15) is 13.2 Å². The molecule has 3 rings (SSSR count). The summed E-state index contributed by atoms with van der Waals surface area (Å²) in [6.45, 7) is 1.81. The highest BCUT2D eigenvalue weighted by Gasteiger charge is 2.33. The van der Waals surface area contributed by atoms with Gasteiger partial charge in [-0.05, 0) is 43.5 Å². The number of aromatic nitrogens is 1. The molecule has 7 nitrogen and oxygen atoms in total. The summed E-state index contributed by atoms with van der Waals surface area (Å²) < 4.78 is 34.5. The van der Waals surface area contributed by atoms with E-state index >= 15 is 0 Å². The van der Waals surface area contributed by atoms with Crippen LogP contribution < -0.4 is 5.32 Å². The zero-order chi connectivity index (χ0) is 19.4. The molecule has 0 aliphatic carbocycles. The number of carbonyl (C=O) groups is 1. The third-order valence-corrected chi connectivity index (χ3v) is 6.93. The van der Waals surface area contributed by atoms with Gasteiger partial charge < -0.3 is 14.6 Å². The molecule has 1 fully saturated rings. The number of rotatable bonds is 7. The van der Waals surface area contributed by atoms with Crippen LogP contribution in [0.25, 0.3) is 10.9 Å². The van der Waals surface area contributed by atoms with Crippen LogP contribution in [-0.4, -0.2) is 56.5 Å². The number of piperidine rings is 1. The molecule has 1 unspecified atom stereocenters. The largest absolute Gasteiger partial charge is 0.385 e. The van der Waals surface area contributed by atoms with Crippen molar-refractivity contribution in [3.05, 3.63) is 30.5 Å². The zero-order valence-corrected chi connectivity index (χ0v) is 16.7. The summed E-state index contributed by atoms with van der Waals surface area (Å²) in [5.74, 6) is -0.388. The number of amides is 1. The van der Waals surface area contributed by atoms with Crippen molar-refractivity contribution >= 4 is 26.8 Å². The number of sulfonamides is 1. The quantitative estimate of drug-likeness (QED) is 0.727. The maximum atomic E-state index is 13.1. The van der Waals surface area contributed by atoms with E-state index in [1.165, 1.54) is 4.31 Å². The molecule has 2 heterocycles. The van der Waals surface area contributed by atoms with Gasteiger partial charge in [0.05, 0.1) is 10.8 Å². The van der Waals surface area contributed by atoms with Crippen molar-refractivity contribution in [2.24, 2.45) is 13.0 Å². The van der Waals surface area contributed by atoms with Crippen LogP contribution in [-0.2, 0) is 26.6 Å². The highest BCUT2D eigenvalue weighted by atomic mass is 32.2. The number of hydrogen-bond donors (Lipinski definition) is 1. The lowest BCUT2D eigenvalue weighted by atomic mass is 9.99. The van der Waals surface area contributed by atoms with Crippen molar-refractivity contribution in [2.75, 3.05) is 33.4 Å². The van der Waals surface area contributed by atoms with Gasteiger partial charge in [-0.1, -0.05) is 0 Å². The Bertz CT molecular complexity index is 907. The highest BCUT2D eigenvalue weighted by molar-refractivity contribution is 7.89. The van der Waals surface area contributed by atoms with Crippen LogP contribution in [0.4, 0.5) is 0 Å². The fraction of sp³-hybridized carbons (Fsp3) is 0.526. The Morgan fingerprint density at radius 1 is 1.33 bits per heavy atom. The summed E-state index contributed by atoms with van der Waals surface area (Å²) >= 11 is 0. The van der Waals surface area contributed by atoms with E-state index in [4.69, 9.17) is 4.74 Å². The molecule has 1 aromatic heterocycles. The summed E-state index contributed by atoms with van der Waals surface area (Å²) in [5, 5.41) is 3.77. The van der Waals surface area contributed by atoms with Crippen LogP contribution >= 0.6 is 0 Å². The first-order valence-corrected chi connectivity index (χ1v) is 10.7. The number of aryl methyl sites for hydroxylation is 1. The van der Waals surface area contributed by atoms with Gasteiger partial charge in [-0.25, -0.2) is 8.42 Å². The molecule has 1 amide bonds. The summed E-state index contributed by atoms with van der Waals surface area (Å²) in [4.78, 5) is 12.7. The minimum Gasteiger partial charge on any atom is -0.385 e. The number of carbonyl (C=O) groups excluding carboxylic acids is 1. The van der Waals surface area contributed by atoms with Crippen molar-refractivity contribution < 1.29 is 17.9 Å². The second-order valence-electron chi connectivity index (χ2n) is 6.99. The molecule has 8 heteroatoms. The number of fused-ring (bicyclic) bond motifs is 1. The van der Waals surface area contributed by atoms with Gasteiger partial charge in [-0.15, -0.1) is 0 Å². The smallest absolute Gasteiger partial charge is 0.243 e. The number of hydrogen-bond acceptors (Lipinski definition) is 4. The van der Waals surface area contributed by atoms with E-state index < -0.39 is 10.0 Å². The molecule has 1 aliphatic rings. The molecule has 2 aromatic rings. The van der Waals surface area contributed by atoms with Crippen LogP contribution in [0.5, 0.6) is 0 Å². The van der Waals surface area contributed by atoms with Gasteiger partial charge in [-0.2, -0.15) is 4.31 Å². The molecule has 1 aliphatic heterocycles. The van der Waals surface area contributed by atoms with E-state index in [1.54, 1.807) is 19.2 Å². The number of ether oxygens (including phenoxy) is 1. The van der Waals surface area contributed by atoms with Gasteiger partial charge >= 0.3 is 0 Å². The van der Waals surface area contributed by atoms with Crippen LogP contribution in [0, 0.1) is 5.92 Å². The summed E-state index contributed by atoms with van der Waals surface area (Å²) in [6, 6.07) is 7.08. The zero-order valence-electron chi connectivity index (χ0n) is 15.8. The summed E-state index contributed by atoms with van der Waals surface area (Å²) in [5.41, 5.74) is 0.987. The Hall–Kier alpha value is -1.90. The van der Waals surface area contributed by atoms with E-state index in [1.807, 2.05) is 29.9 Å². The minimum atomic E-state index is -3.62. The van der Waals surface area contributed by atoms with Crippen molar-refractivity contribution in [1.82, 2.24) is 14.2 Å². The second-order valence-corrected chi connectivity index (χ2v) is 8.92. The predicted octanol–water partition coefficient (Wildman–Crippen LogP) is 1.73. The Balaban J connectivity index is 1.70. The van der Waals surface area contributed by atoms with Crippen LogP contribution in [0.2, 0.25) is 0 Å². The van der Waals surface area contributed by atoms with E-state index in [-0.39, 0.29) is 23.3 Å². The van der Waals surface area contributed by atoms with E-state index in [0.717, 1.165) is 17.3 Å². The first-order valence-electron chi connectivity index (χ1n) is 9.25. The lowest BCUT2D eigenvalue weighted by Gasteiger charge is -2.31. The topological polar surface area (TPSA) is 80.6 Å². The molecule has 1 aromatic carbocycles. The van der Waals surface area contributed by atoms with Crippen molar-refractivity contribution in [1.29, 1.82) is 0 Å². The fourth-order valence-electron chi connectivity index (χ4n) is 3.52. The molecule has 27 heavy (non-hydrogen) atoms. The molecule has 1 saturated heterocycles. The molecule has 1 atom stereocenters. The average molecular weight is 394 g/mol. The maximum absolute atomic E-state index is 13.1. The Morgan fingerprint density at radius 3 is 2.93 bits per heavy atom. The van der Waals surface area contributed by atoms with Crippen molar-refractivity contribution in [3.63, 3.8) is 0 Å². The lowest BCUT2D eigenvalue weighted by molar-refractivity contribution is -0.126. The third kappa shape index (κ3) is 4.34. The minimum absolute atomic E-state index is 0.0792. The SMILES string of the molecule is COCCCNC(=O)C1CCCN(S(=O)(=O)c2ccc3c(ccn3C)c2)C1. The molecule has 148 valence electrons. The van der Waals surface area contributed by atoms with Gasteiger partial charge in [0.25, 0.3) is 0 Å². The molecule has 0 bridgehead atoms. The van der Waals surface area contributed by atoms with E-state index in [2.05, 4.69) is 5.32 Å². The molecular weight excluding hydrogens is 366 g/mol. The number of nitrogens with one attached hydrogen (secondary N) is 1.